The highest BCUT2D eigenvalue weighted by molar-refractivity contribution is 7.89. The number of aliphatic hydroxyl groups excluding tert-OH is 1. The standard InChI is InChI=1S/C24H35N3O5.C19H30BN3O3S.C9H14BNO/c1-24(2,10-6-11-25)16-26-14-20(28)19(13-17-7-4-3-5-8-17)27-23(29)32-21-15-31-22-18(21)9-12-30-22;1-16(2)13-23(14-19(3,4)10-7-11-21)27(24,25)18-9-6-8-17(12-18)22(5)20-15-26-20;1-8-5-4-6-9(7-8)11(3)10(2)12/h3-5,7-8,18-22,26,28H,6,9-10,12-16H2,1-2H3,(H,27,29);6,8-9,12,16H,7,10,13-15H2,1-5H3;4-7,12H,1-3H3/t18-,19-,20+,21-,22+;;/m0../s1. The summed E-state index contributed by atoms with van der Waals surface area (Å²) in [5, 5.41) is 44.0. The van der Waals surface area contributed by atoms with Crippen molar-refractivity contribution in [2.75, 3.05) is 69.6 Å². The fraction of sp³-hybridized carbons (Fsp3) is 0.596. The van der Waals surface area contributed by atoms with Crippen molar-refractivity contribution in [1.29, 1.82) is 10.5 Å². The molecule has 1 amide bonds. The third kappa shape index (κ3) is 19.7. The summed E-state index contributed by atoms with van der Waals surface area (Å²) in [6.07, 6.45) is 1.66. The van der Waals surface area contributed by atoms with Crippen LogP contribution in [0.15, 0.2) is 83.8 Å². The van der Waals surface area contributed by atoms with Gasteiger partial charge in [0.05, 0.1) is 54.8 Å². The topological polar surface area (TPSA) is 213 Å². The molecule has 3 heterocycles. The second kappa shape index (κ2) is 27.9. The van der Waals surface area contributed by atoms with Gasteiger partial charge in [-0.2, -0.15) is 14.8 Å². The number of nitrogens with one attached hydrogen (secondary N) is 2. The maximum absolute atomic E-state index is 13.4. The first kappa shape index (κ1) is 58.9. The monoisotopic (exact) mass is 1000 g/mol. The number of benzene rings is 3. The molecule has 0 saturated carbocycles. The summed E-state index contributed by atoms with van der Waals surface area (Å²) in [4.78, 5) is 16.7. The van der Waals surface area contributed by atoms with Gasteiger partial charge < -0.3 is 49.3 Å². The number of carbonyl (C=O) groups excluding carboxylic acids is 1. The Labute approximate surface area is 425 Å². The van der Waals surface area contributed by atoms with Crippen molar-refractivity contribution in [3.63, 3.8) is 0 Å². The third-order valence-corrected chi connectivity index (χ3v) is 14.7. The number of amides is 1. The fourth-order valence-corrected chi connectivity index (χ4v) is 10.2. The number of sulfonamides is 1. The van der Waals surface area contributed by atoms with E-state index in [4.69, 9.17) is 29.4 Å². The first-order chi connectivity index (χ1) is 33.5. The predicted molar refractivity (Wildman–Crippen MR) is 281 cm³/mol. The number of rotatable bonds is 23. The lowest BCUT2D eigenvalue weighted by Gasteiger charge is -2.33. The van der Waals surface area contributed by atoms with Crippen LogP contribution in [0.3, 0.4) is 0 Å². The Hall–Kier alpha value is -4.69. The number of ether oxygens (including phenoxy) is 3. The highest BCUT2D eigenvalue weighted by Crippen LogP contribution is 2.33. The summed E-state index contributed by atoms with van der Waals surface area (Å²) >= 11 is 0. The van der Waals surface area contributed by atoms with Crippen molar-refractivity contribution in [3.05, 3.63) is 90.0 Å². The lowest BCUT2D eigenvalue weighted by atomic mass is 9.85. The van der Waals surface area contributed by atoms with Gasteiger partial charge >= 0.3 is 20.2 Å². The van der Waals surface area contributed by atoms with Gasteiger partial charge in [-0.3, -0.25) is 0 Å². The minimum Gasteiger partial charge on any atom is -0.443 e. The lowest BCUT2D eigenvalue weighted by molar-refractivity contribution is -0.0907. The van der Waals surface area contributed by atoms with Crippen LogP contribution in [-0.2, 0) is 35.3 Å². The summed E-state index contributed by atoms with van der Waals surface area (Å²) in [5.74, 6) is 0.271. The molecule has 0 unspecified atom stereocenters. The first-order valence-corrected chi connectivity index (χ1v) is 26.3. The highest BCUT2D eigenvalue weighted by Gasteiger charge is 2.44. The van der Waals surface area contributed by atoms with Gasteiger partial charge in [-0.25, -0.2) is 13.2 Å². The average Bonchev–Trinajstić information content (AvgIpc) is 3.96. The lowest BCUT2D eigenvalue weighted by Crippen LogP contribution is -2.50. The van der Waals surface area contributed by atoms with Crippen LogP contribution >= 0.6 is 0 Å². The van der Waals surface area contributed by atoms with E-state index in [0.29, 0.717) is 76.5 Å². The molecule has 3 aromatic rings. The molecule has 0 aromatic heterocycles. The van der Waals surface area contributed by atoms with Crippen LogP contribution in [0.2, 0.25) is 6.82 Å². The molecule has 0 bridgehead atoms. The van der Waals surface area contributed by atoms with Crippen LogP contribution in [0.25, 0.3) is 0 Å². The molecule has 0 aliphatic carbocycles. The van der Waals surface area contributed by atoms with Gasteiger partial charge in [-0.1, -0.05) is 90.1 Å². The summed E-state index contributed by atoms with van der Waals surface area (Å²) in [6.45, 7) is 19.5. The molecule has 4 N–H and O–H groups in total. The van der Waals surface area contributed by atoms with Crippen LogP contribution in [0.4, 0.5) is 16.2 Å². The summed E-state index contributed by atoms with van der Waals surface area (Å²) in [7, 11) is -0.266. The molecule has 6 rings (SSSR count). The predicted octanol–water partition coefficient (Wildman–Crippen LogP) is 7.06. The number of nitrogens with zero attached hydrogens (tertiary/aromatic N) is 5. The quantitative estimate of drug-likeness (QED) is 0.0553. The van der Waals surface area contributed by atoms with Gasteiger partial charge in [-0.05, 0) is 112 Å². The number of hydrogen-bond acceptors (Lipinski definition) is 14. The zero-order valence-electron chi connectivity index (χ0n) is 43.7. The van der Waals surface area contributed by atoms with Crippen LogP contribution in [0.5, 0.6) is 0 Å². The van der Waals surface area contributed by atoms with E-state index in [1.54, 1.807) is 29.3 Å². The number of alkyl carbamates (subject to hydrolysis) is 1. The zero-order valence-corrected chi connectivity index (χ0v) is 44.5. The Morgan fingerprint density at radius 2 is 1.61 bits per heavy atom. The van der Waals surface area contributed by atoms with Crippen molar-refractivity contribution in [2.24, 2.45) is 22.7 Å². The zero-order chi connectivity index (χ0) is 52.4. The van der Waals surface area contributed by atoms with Gasteiger partial charge in [-0.15, -0.1) is 0 Å². The van der Waals surface area contributed by atoms with Gasteiger partial charge in [0.1, 0.15) is 6.10 Å². The number of hydrogen-bond donors (Lipinski definition) is 4. The molecular weight excluding hydrogens is 920 g/mol. The molecule has 3 aliphatic heterocycles. The van der Waals surface area contributed by atoms with Gasteiger partial charge in [0.25, 0.3) is 0 Å². The molecule has 5 atom stereocenters. The van der Waals surface area contributed by atoms with E-state index in [-0.39, 0.29) is 42.1 Å². The normalized spacial score (nSPS) is 18.1. The third-order valence-electron chi connectivity index (χ3n) is 12.8. The number of aryl methyl sites for hydroxylation is 1. The largest absolute Gasteiger partial charge is 0.443 e. The van der Waals surface area contributed by atoms with Crippen molar-refractivity contribution >= 4 is 41.6 Å². The maximum atomic E-state index is 13.4. The molecule has 3 saturated heterocycles. The van der Waals surface area contributed by atoms with Crippen LogP contribution in [0, 0.1) is 52.3 Å². The van der Waals surface area contributed by atoms with Crippen molar-refractivity contribution in [3.8, 4) is 12.1 Å². The molecule has 0 radical (unpaired) electrons. The van der Waals surface area contributed by atoms with Crippen molar-refractivity contribution in [1.82, 2.24) is 14.9 Å². The van der Waals surface area contributed by atoms with Crippen LogP contribution in [-0.4, -0.2) is 128 Å². The second-order valence-corrected chi connectivity index (χ2v) is 22.9. The second-order valence-electron chi connectivity index (χ2n) is 20.9. The molecule has 0 spiro atoms. The maximum Gasteiger partial charge on any atom is 0.440 e. The van der Waals surface area contributed by atoms with E-state index < -0.39 is 35.3 Å². The van der Waals surface area contributed by atoms with Gasteiger partial charge in [0.2, 0.25) is 10.0 Å². The first-order valence-electron chi connectivity index (χ1n) is 24.8. The Bertz CT molecular complexity index is 2290. The molecule has 388 valence electrons. The minimum absolute atomic E-state index is 0.0274. The Balaban J connectivity index is 0.000000253. The van der Waals surface area contributed by atoms with Gasteiger partial charge in [0, 0.05) is 50.4 Å². The molecule has 71 heavy (non-hydrogen) atoms. The molecule has 3 aromatic carbocycles. The number of aliphatic hydroxyl groups is 1. The number of nitriles is 2. The molecule has 19 heteroatoms. The minimum atomic E-state index is -3.63. The van der Waals surface area contributed by atoms with Crippen molar-refractivity contribution < 1.29 is 42.2 Å². The number of fused-ring (bicyclic) bond motifs is 1. The SMILES string of the molecule is CB(O)N(C)c1cccc(C)c1.CC(C)(CCC#N)CNC[C@@H](O)[C@H](Cc1ccccc1)NC(=O)O[C@H]1CO[C@H]2OCC[C@H]21.CC(C)CN(CC(C)(C)CCC#N)S(=O)(=O)c1cccc(N(C)B2CO2)c1. The number of anilines is 2. The summed E-state index contributed by atoms with van der Waals surface area (Å²) in [6, 6.07) is 28.7. The van der Waals surface area contributed by atoms with E-state index in [2.05, 4.69) is 36.6 Å². The van der Waals surface area contributed by atoms with E-state index in [0.717, 1.165) is 29.8 Å². The van der Waals surface area contributed by atoms with E-state index in [1.807, 2.05) is 119 Å². The Kier molecular flexibility index (Phi) is 23.2. The molecule has 3 aliphatic rings. The highest BCUT2D eigenvalue weighted by atomic mass is 32.2. The van der Waals surface area contributed by atoms with Crippen LogP contribution in [0.1, 0.15) is 84.8 Å². The number of carbonyl (C=O) groups is 1. The van der Waals surface area contributed by atoms with Crippen LogP contribution < -0.4 is 20.3 Å². The average molecular weight is 1000 g/mol. The smallest absolute Gasteiger partial charge is 0.440 e. The van der Waals surface area contributed by atoms with Crippen molar-refractivity contribution in [2.45, 2.75) is 123 Å². The molecular formula is C52H79B2N7O9S. The Morgan fingerprint density at radius 1 is 0.958 bits per heavy atom. The van der Waals surface area contributed by atoms with Gasteiger partial charge in [0.15, 0.2) is 6.29 Å². The summed E-state index contributed by atoms with van der Waals surface area (Å²) in [5.41, 5.74) is 3.77. The van der Waals surface area contributed by atoms with E-state index in [9.17, 15) is 23.3 Å². The van der Waals surface area contributed by atoms with E-state index >= 15 is 0 Å². The fourth-order valence-electron chi connectivity index (χ4n) is 8.32. The Morgan fingerprint density at radius 3 is 2.23 bits per heavy atom. The van der Waals surface area contributed by atoms with E-state index in [1.165, 1.54) is 5.56 Å². The molecule has 3 fully saturated rings. The molecule has 16 nitrogen and oxygen atoms in total. The summed E-state index contributed by atoms with van der Waals surface area (Å²) < 4.78 is 50.3.